The van der Waals surface area contributed by atoms with Crippen LogP contribution in [-0.4, -0.2) is 66.2 Å². The number of rotatable bonds is 16. The zero-order valence-electron chi connectivity index (χ0n) is 27.1. The molecule has 0 aromatic heterocycles. The standard InChI is InChI=1S/C35H47ClN4O6/c1-24(2)37-34(44)32(42)29(17-18-31(41)40(3)20-19-25-11-6-4-7-12-25)38-33(43)30(22-26-13-8-5-9-14-26)39-35(45)46-23-27-15-10-16-28(36)21-27/h4,6-7,10-12,15-16,21,24,26,29-30H,5,8-9,13-14,17-20,22-23H2,1-3H3,(H,37,44)(H,38,43)(H,39,45)/t29-,30-/m0/s1. The number of halogens is 1. The minimum Gasteiger partial charge on any atom is -0.445 e. The number of benzene rings is 2. The Morgan fingerprint density at radius 1 is 0.891 bits per heavy atom. The minimum absolute atomic E-state index is 0.0411. The van der Waals surface area contributed by atoms with Crippen LogP contribution in [0.25, 0.3) is 0 Å². The highest BCUT2D eigenvalue weighted by molar-refractivity contribution is 6.38. The fraction of sp³-hybridized carbons (Fsp3) is 0.514. The van der Waals surface area contributed by atoms with Crippen molar-refractivity contribution >= 4 is 41.2 Å². The highest BCUT2D eigenvalue weighted by Crippen LogP contribution is 2.27. The molecule has 0 spiro atoms. The third-order valence-electron chi connectivity index (χ3n) is 8.09. The predicted octanol–water partition coefficient (Wildman–Crippen LogP) is 4.97. The maximum absolute atomic E-state index is 13.7. The van der Waals surface area contributed by atoms with Crippen molar-refractivity contribution in [3.05, 3.63) is 70.7 Å². The van der Waals surface area contributed by atoms with Crippen LogP contribution in [-0.2, 0) is 36.9 Å². The number of amides is 4. The van der Waals surface area contributed by atoms with Gasteiger partial charge in [0.05, 0.1) is 6.04 Å². The maximum atomic E-state index is 13.7. The molecule has 0 bridgehead atoms. The molecule has 11 heteroatoms. The van der Waals surface area contributed by atoms with Gasteiger partial charge in [-0.05, 0) is 62.3 Å². The Morgan fingerprint density at radius 3 is 2.26 bits per heavy atom. The molecule has 0 saturated heterocycles. The molecule has 1 fully saturated rings. The van der Waals surface area contributed by atoms with Crippen molar-refractivity contribution in [1.82, 2.24) is 20.9 Å². The molecule has 4 amide bonds. The molecule has 10 nitrogen and oxygen atoms in total. The van der Waals surface area contributed by atoms with Crippen molar-refractivity contribution in [3.8, 4) is 0 Å². The molecule has 0 radical (unpaired) electrons. The second-order valence-electron chi connectivity index (χ2n) is 12.3. The molecule has 46 heavy (non-hydrogen) atoms. The van der Waals surface area contributed by atoms with Gasteiger partial charge in [0.2, 0.25) is 17.6 Å². The van der Waals surface area contributed by atoms with Crippen molar-refractivity contribution in [2.45, 2.75) is 96.4 Å². The second-order valence-corrected chi connectivity index (χ2v) is 12.7. The summed E-state index contributed by atoms with van der Waals surface area (Å²) in [5.74, 6) is -2.31. The topological polar surface area (TPSA) is 134 Å². The molecule has 3 rings (SSSR count). The summed E-state index contributed by atoms with van der Waals surface area (Å²) < 4.78 is 5.38. The molecular weight excluding hydrogens is 608 g/mol. The maximum Gasteiger partial charge on any atom is 0.408 e. The Bertz CT molecular complexity index is 1320. The first-order valence-corrected chi connectivity index (χ1v) is 16.5. The van der Waals surface area contributed by atoms with E-state index < -0.39 is 35.8 Å². The predicted molar refractivity (Wildman–Crippen MR) is 177 cm³/mol. The van der Waals surface area contributed by atoms with E-state index in [2.05, 4.69) is 16.0 Å². The Kier molecular flexibility index (Phi) is 15.0. The summed E-state index contributed by atoms with van der Waals surface area (Å²) in [6.45, 7) is 3.89. The molecule has 0 heterocycles. The van der Waals surface area contributed by atoms with E-state index >= 15 is 0 Å². The highest BCUT2D eigenvalue weighted by atomic mass is 35.5. The van der Waals surface area contributed by atoms with Gasteiger partial charge >= 0.3 is 6.09 Å². The van der Waals surface area contributed by atoms with Gasteiger partial charge in [0.25, 0.3) is 5.91 Å². The summed E-state index contributed by atoms with van der Waals surface area (Å²) >= 11 is 6.03. The third-order valence-corrected chi connectivity index (χ3v) is 8.32. The lowest BCUT2D eigenvalue weighted by atomic mass is 9.84. The van der Waals surface area contributed by atoms with E-state index in [0.717, 1.165) is 37.7 Å². The molecule has 250 valence electrons. The molecule has 3 N–H and O–H groups in total. The highest BCUT2D eigenvalue weighted by Gasteiger charge is 2.33. The van der Waals surface area contributed by atoms with Gasteiger partial charge in [-0.2, -0.15) is 0 Å². The van der Waals surface area contributed by atoms with E-state index in [1.54, 1.807) is 50.1 Å². The number of ketones is 1. The Morgan fingerprint density at radius 2 is 1.59 bits per heavy atom. The lowest BCUT2D eigenvalue weighted by Gasteiger charge is -2.28. The van der Waals surface area contributed by atoms with Crippen LogP contribution in [0.2, 0.25) is 5.02 Å². The fourth-order valence-electron chi connectivity index (χ4n) is 5.50. The first kappa shape index (κ1) is 36.5. The molecule has 2 aromatic rings. The van der Waals surface area contributed by atoms with Crippen molar-refractivity contribution in [2.75, 3.05) is 13.6 Å². The van der Waals surface area contributed by atoms with Crippen molar-refractivity contribution in [1.29, 1.82) is 0 Å². The molecular formula is C35H47ClN4O6. The van der Waals surface area contributed by atoms with Gasteiger partial charge in [-0.1, -0.05) is 86.2 Å². The van der Waals surface area contributed by atoms with E-state index in [1.807, 2.05) is 30.3 Å². The van der Waals surface area contributed by atoms with Gasteiger partial charge in [-0.3, -0.25) is 19.2 Å². The minimum atomic E-state index is -1.25. The van der Waals surface area contributed by atoms with Crippen LogP contribution in [0.4, 0.5) is 4.79 Å². The summed E-state index contributed by atoms with van der Waals surface area (Å²) in [4.78, 5) is 67.1. The number of hydrogen-bond donors (Lipinski definition) is 3. The third kappa shape index (κ3) is 12.8. The van der Waals surface area contributed by atoms with Gasteiger partial charge in [-0.15, -0.1) is 0 Å². The number of likely N-dealkylation sites (N-methyl/N-ethyl adjacent to an activating group) is 1. The Balaban J connectivity index is 1.68. The summed E-state index contributed by atoms with van der Waals surface area (Å²) in [5.41, 5.74) is 1.78. The van der Waals surface area contributed by atoms with Crippen LogP contribution in [0.3, 0.4) is 0 Å². The number of nitrogens with one attached hydrogen (secondary N) is 3. The SMILES string of the molecule is CC(C)NC(=O)C(=O)[C@H](CCC(=O)N(C)CCc1ccccc1)NC(=O)[C@H](CC1CCCCC1)NC(=O)OCc1cccc(Cl)c1. The summed E-state index contributed by atoms with van der Waals surface area (Å²) in [5, 5.41) is 8.45. The number of nitrogens with zero attached hydrogens (tertiary/aromatic N) is 1. The Hall–Kier alpha value is -3.92. The number of carbonyl (C=O) groups is 5. The van der Waals surface area contributed by atoms with Crippen LogP contribution in [0, 0.1) is 5.92 Å². The summed E-state index contributed by atoms with van der Waals surface area (Å²) in [6.07, 6.45) is 5.16. The molecule has 1 saturated carbocycles. The van der Waals surface area contributed by atoms with E-state index in [9.17, 15) is 24.0 Å². The van der Waals surface area contributed by atoms with Crippen molar-refractivity contribution < 1.29 is 28.7 Å². The van der Waals surface area contributed by atoms with Crippen LogP contribution in [0.5, 0.6) is 0 Å². The molecule has 0 aliphatic heterocycles. The average Bonchev–Trinajstić information content (AvgIpc) is 3.04. The smallest absolute Gasteiger partial charge is 0.408 e. The number of alkyl carbamates (subject to hydrolysis) is 1. The summed E-state index contributed by atoms with van der Waals surface area (Å²) in [6, 6.07) is 14.1. The zero-order chi connectivity index (χ0) is 33.5. The average molecular weight is 655 g/mol. The number of Topliss-reactive ketones (excluding diaryl/α,β-unsaturated/α-hetero) is 1. The van der Waals surface area contributed by atoms with E-state index in [1.165, 1.54) is 0 Å². The molecule has 1 aliphatic carbocycles. The van der Waals surface area contributed by atoms with Crippen LogP contribution < -0.4 is 16.0 Å². The number of carbonyl (C=O) groups excluding carboxylic acids is 5. The molecule has 2 atom stereocenters. The Labute approximate surface area is 277 Å². The largest absolute Gasteiger partial charge is 0.445 e. The zero-order valence-corrected chi connectivity index (χ0v) is 27.8. The number of ether oxygens (including phenoxy) is 1. The molecule has 0 unspecified atom stereocenters. The lowest BCUT2D eigenvalue weighted by molar-refractivity contribution is -0.141. The first-order chi connectivity index (χ1) is 22.0. The van der Waals surface area contributed by atoms with Crippen molar-refractivity contribution in [2.24, 2.45) is 5.92 Å². The van der Waals surface area contributed by atoms with Gasteiger partial charge in [-0.25, -0.2) is 4.79 Å². The molecule has 2 aromatic carbocycles. The van der Waals surface area contributed by atoms with E-state index in [4.69, 9.17) is 16.3 Å². The van der Waals surface area contributed by atoms with E-state index in [0.29, 0.717) is 30.0 Å². The number of hydrogen-bond acceptors (Lipinski definition) is 6. The normalized spacial score (nSPS) is 14.5. The fourth-order valence-corrected chi connectivity index (χ4v) is 5.72. The monoisotopic (exact) mass is 654 g/mol. The second kappa shape index (κ2) is 18.9. The van der Waals surface area contributed by atoms with Crippen LogP contribution in [0.1, 0.15) is 76.3 Å². The van der Waals surface area contributed by atoms with Gasteiger partial charge in [0.15, 0.2) is 0 Å². The van der Waals surface area contributed by atoms with Gasteiger partial charge in [0, 0.05) is 31.1 Å². The van der Waals surface area contributed by atoms with Crippen molar-refractivity contribution in [3.63, 3.8) is 0 Å². The van der Waals surface area contributed by atoms with Crippen LogP contribution >= 0.6 is 11.6 Å². The van der Waals surface area contributed by atoms with E-state index in [-0.39, 0.29) is 37.3 Å². The van der Waals surface area contributed by atoms with Gasteiger partial charge < -0.3 is 25.6 Å². The van der Waals surface area contributed by atoms with Crippen LogP contribution in [0.15, 0.2) is 54.6 Å². The quantitative estimate of drug-likeness (QED) is 0.219. The van der Waals surface area contributed by atoms with Gasteiger partial charge in [0.1, 0.15) is 12.6 Å². The first-order valence-electron chi connectivity index (χ1n) is 16.1. The lowest BCUT2D eigenvalue weighted by Crippen LogP contribution is -2.55. The molecule has 1 aliphatic rings. The summed E-state index contributed by atoms with van der Waals surface area (Å²) in [7, 11) is 1.69.